The minimum Gasteiger partial charge on any atom is -0.550 e. The Kier molecular flexibility index (Phi) is 6.30. The van der Waals surface area contributed by atoms with Crippen molar-refractivity contribution >= 4 is 23.4 Å². The molecule has 1 amide bonds. The summed E-state index contributed by atoms with van der Waals surface area (Å²) in [5.74, 6) is -3.83. The van der Waals surface area contributed by atoms with Crippen LogP contribution in [-0.4, -0.2) is 34.2 Å². The summed E-state index contributed by atoms with van der Waals surface area (Å²) in [6.07, 6.45) is 0.652. The molecule has 0 saturated carbocycles. The number of benzene rings is 2. The lowest BCUT2D eigenvalue weighted by atomic mass is 9.94. The molecule has 2 aromatic carbocycles. The van der Waals surface area contributed by atoms with E-state index in [1.54, 1.807) is 12.1 Å². The van der Waals surface area contributed by atoms with Crippen LogP contribution in [0.1, 0.15) is 42.5 Å². The van der Waals surface area contributed by atoms with E-state index in [-0.39, 0.29) is 30.5 Å². The Morgan fingerprint density at radius 3 is 2.30 bits per heavy atom. The maximum absolute atomic E-state index is 13.3. The molecule has 0 radical (unpaired) electrons. The van der Waals surface area contributed by atoms with Crippen LogP contribution in [0.5, 0.6) is 0 Å². The third kappa shape index (κ3) is 4.25. The molecule has 1 aliphatic rings. The quantitative estimate of drug-likeness (QED) is 0.429. The van der Waals surface area contributed by atoms with Crippen LogP contribution in [0.4, 0.5) is 4.39 Å². The van der Waals surface area contributed by atoms with Gasteiger partial charge in [0.25, 0.3) is 11.7 Å². The molecule has 0 aliphatic carbocycles. The standard InChI is InChI=1S/C23H22FNO5/c1-2-14-5-7-15(8-6-14)20-19(21(28)16-9-11-17(24)12-10-16)22(29)23(30)25(20)13-3-4-18(26)27/h5-12,20,28H,2-4,13H2,1H3,(H,26,27)/p-1/t20-/m1/s1. The zero-order valence-electron chi connectivity index (χ0n) is 16.4. The Morgan fingerprint density at radius 2 is 1.73 bits per heavy atom. The lowest BCUT2D eigenvalue weighted by molar-refractivity contribution is -0.305. The van der Waals surface area contributed by atoms with Gasteiger partial charge in [0.1, 0.15) is 11.6 Å². The largest absolute Gasteiger partial charge is 0.550 e. The Morgan fingerprint density at radius 1 is 1.10 bits per heavy atom. The van der Waals surface area contributed by atoms with E-state index in [0.717, 1.165) is 24.1 Å². The monoisotopic (exact) mass is 410 g/mol. The first-order chi connectivity index (χ1) is 14.3. The Balaban J connectivity index is 2.08. The van der Waals surface area contributed by atoms with Gasteiger partial charge in [-0.3, -0.25) is 9.59 Å². The lowest BCUT2D eigenvalue weighted by Crippen LogP contribution is -2.32. The third-order valence-corrected chi connectivity index (χ3v) is 5.14. The first-order valence-electron chi connectivity index (χ1n) is 9.66. The van der Waals surface area contributed by atoms with Gasteiger partial charge in [-0.2, -0.15) is 0 Å². The number of carboxylic acid groups (broad SMARTS) is 1. The highest BCUT2D eigenvalue weighted by atomic mass is 19.1. The van der Waals surface area contributed by atoms with E-state index >= 15 is 0 Å². The number of carbonyl (C=O) groups is 3. The number of aliphatic carboxylic acids is 1. The second-order valence-corrected chi connectivity index (χ2v) is 7.07. The number of hydrogen-bond acceptors (Lipinski definition) is 5. The number of Topliss-reactive ketones (excluding diaryl/α,β-unsaturated/α-hetero) is 1. The molecule has 156 valence electrons. The molecule has 0 unspecified atom stereocenters. The molecular weight excluding hydrogens is 389 g/mol. The Hall–Kier alpha value is -3.48. The number of aryl methyl sites for hydroxylation is 1. The molecule has 3 rings (SSSR count). The van der Waals surface area contributed by atoms with E-state index in [2.05, 4.69) is 0 Å². The van der Waals surface area contributed by atoms with E-state index in [1.165, 1.54) is 17.0 Å². The molecule has 1 N–H and O–H groups in total. The van der Waals surface area contributed by atoms with E-state index in [0.29, 0.717) is 5.56 Å². The van der Waals surface area contributed by atoms with Crippen molar-refractivity contribution in [2.24, 2.45) is 0 Å². The van der Waals surface area contributed by atoms with Crippen LogP contribution in [-0.2, 0) is 20.8 Å². The Bertz CT molecular complexity index is 995. The summed E-state index contributed by atoms with van der Waals surface area (Å²) in [4.78, 5) is 37.5. The Labute approximate surface area is 173 Å². The number of rotatable bonds is 7. The summed E-state index contributed by atoms with van der Waals surface area (Å²) in [5.41, 5.74) is 1.78. The fraction of sp³-hybridized carbons (Fsp3) is 0.261. The molecule has 2 aromatic rings. The zero-order chi connectivity index (χ0) is 21.8. The van der Waals surface area contributed by atoms with Gasteiger partial charge in [-0.25, -0.2) is 4.39 Å². The molecule has 0 spiro atoms. The lowest BCUT2D eigenvalue weighted by Gasteiger charge is -2.25. The van der Waals surface area contributed by atoms with Crippen molar-refractivity contribution in [3.8, 4) is 0 Å². The number of carbonyl (C=O) groups excluding carboxylic acids is 3. The molecule has 1 saturated heterocycles. The minimum atomic E-state index is -1.25. The predicted molar refractivity (Wildman–Crippen MR) is 105 cm³/mol. The molecule has 1 heterocycles. The number of hydrogen-bond donors (Lipinski definition) is 1. The molecule has 0 aromatic heterocycles. The number of carboxylic acids is 1. The summed E-state index contributed by atoms with van der Waals surface area (Å²) in [5, 5.41) is 21.6. The van der Waals surface area contributed by atoms with Crippen LogP contribution >= 0.6 is 0 Å². The van der Waals surface area contributed by atoms with Crippen LogP contribution in [0.15, 0.2) is 54.1 Å². The van der Waals surface area contributed by atoms with E-state index < -0.39 is 35.3 Å². The van der Waals surface area contributed by atoms with Crippen molar-refractivity contribution in [2.75, 3.05) is 6.54 Å². The number of amides is 1. The molecule has 6 nitrogen and oxygen atoms in total. The van der Waals surface area contributed by atoms with Crippen molar-refractivity contribution in [2.45, 2.75) is 32.2 Å². The fourth-order valence-corrected chi connectivity index (χ4v) is 3.55. The maximum atomic E-state index is 13.3. The average Bonchev–Trinajstić information content (AvgIpc) is 2.98. The van der Waals surface area contributed by atoms with Crippen LogP contribution in [0.25, 0.3) is 5.76 Å². The number of aliphatic hydroxyl groups is 1. The van der Waals surface area contributed by atoms with E-state index in [1.807, 2.05) is 19.1 Å². The number of nitrogens with zero attached hydrogens (tertiary/aromatic N) is 1. The van der Waals surface area contributed by atoms with Crippen molar-refractivity contribution in [3.63, 3.8) is 0 Å². The number of likely N-dealkylation sites (tertiary alicyclic amines) is 1. The fourth-order valence-electron chi connectivity index (χ4n) is 3.55. The highest BCUT2D eigenvalue weighted by Crippen LogP contribution is 2.39. The van der Waals surface area contributed by atoms with Gasteiger partial charge in [0.05, 0.1) is 11.6 Å². The molecule has 1 atom stereocenters. The van der Waals surface area contributed by atoms with Crippen molar-refractivity contribution in [1.29, 1.82) is 0 Å². The highest BCUT2D eigenvalue weighted by molar-refractivity contribution is 6.46. The molecular formula is C23H21FNO5-. The molecule has 0 bridgehead atoms. The van der Waals surface area contributed by atoms with Gasteiger partial charge in [0.2, 0.25) is 0 Å². The number of ketones is 1. The molecule has 1 aliphatic heterocycles. The van der Waals surface area contributed by atoms with Crippen LogP contribution in [0.3, 0.4) is 0 Å². The van der Waals surface area contributed by atoms with Gasteiger partial charge >= 0.3 is 0 Å². The second kappa shape index (κ2) is 8.90. The minimum absolute atomic E-state index is 0.0128. The van der Waals surface area contributed by atoms with Crippen molar-refractivity contribution in [1.82, 2.24) is 4.90 Å². The number of halogens is 1. The van der Waals surface area contributed by atoms with Gasteiger partial charge < -0.3 is 19.9 Å². The van der Waals surface area contributed by atoms with Crippen LogP contribution in [0, 0.1) is 5.82 Å². The SMILES string of the molecule is CCc1ccc([C@@H]2C(=C(O)c3ccc(F)cc3)C(=O)C(=O)N2CCCC(=O)[O-])cc1. The zero-order valence-corrected chi connectivity index (χ0v) is 16.4. The maximum Gasteiger partial charge on any atom is 0.295 e. The normalized spacial score (nSPS) is 18.1. The van der Waals surface area contributed by atoms with E-state index in [9.17, 15) is 29.0 Å². The van der Waals surface area contributed by atoms with Gasteiger partial charge in [0, 0.05) is 18.1 Å². The molecule has 7 heteroatoms. The van der Waals surface area contributed by atoms with Gasteiger partial charge in [-0.15, -0.1) is 0 Å². The second-order valence-electron chi connectivity index (χ2n) is 7.07. The summed E-state index contributed by atoms with van der Waals surface area (Å²) in [7, 11) is 0. The predicted octanol–water partition coefficient (Wildman–Crippen LogP) is 2.34. The van der Waals surface area contributed by atoms with E-state index in [4.69, 9.17) is 0 Å². The van der Waals surface area contributed by atoms with Crippen LogP contribution < -0.4 is 5.11 Å². The third-order valence-electron chi connectivity index (χ3n) is 5.14. The summed E-state index contributed by atoms with van der Waals surface area (Å²) < 4.78 is 13.3. The molecule has 1 fully saturated rings. The van der Waals surface area contributed by atoms with Crippen LogP contribution in [0.2, 0.25) is 0 Å². The summed E-state index contributed by atoms with van der Waals surface area (Å²) >= 11 is 0. The summed E-state index contributed by atoms with van der Waals surface area (Å²) in [6.45, 7) is 2.01. The smallest absolute Gasteiger partial charge is 0.295 e. The van der Waals surface area contributed by atoms with Crippen molar-refractivity contribution < 1.29 is 29.0 Å². The van der Waals surface area contributed by atoms with Gasteiger partial charge in [-0.1, -0.05) is 31.2 Å². The first kappa shape index (κ1) is 21.2. The average molecular weight is 410 g/mol. The first-order valence-corrected chi connectivity index (χ1v) is 9.66. The van der Waals surface area contributed by atoms with Gasteiger partial charge in [-0.05, 0) is 54.7 Å². The van der Waals surface area contributed by atoms with Crippen molar-refractivity contribution in [3.05, 3.63) is 76.6 Å². The molecule has 30 heavy (non-hydrogen) atoms. The highest BCUT2D eigenvalue weighted by Gasteiger charge is 2.45. The topological polar surface area (TPSA) is 97.7 Å². The van der Waals surface area contributed by atoms with Gasteiger partial charge in [0.15, 0.2) is 0 Å². The summed E-state index contributed by atoms with van der Waals surface area (Å²) in [6, 6.07) is 11.4. The number of aliphatic hydroxyl groups excluding tert-OH is 1.